The normalized spacial score (nSPS) is 10.2. The monoisotopic (exact) mass is 230 g/mol. The quantitative estimate of drug-likeness (QED) is 0.588. The molecule has 1 aromatic carbocycles. The topological polar surface area (TPSA) is 49.7 Å². The van der Waals surface area contributed by atoms with Gasteiger partial charge in [-0.2, -0.15) is 0 Å². The maximum atomic E-state index is 13.3. The molecule has 2 N–H and O–H groups in total. The van der Waals surface area contributed by atoms with Crippen molar-refractivity contribution in [3.05, 3.63) is 17.9 Å². The van der Waals surface area contributed by atoms with Crippen LogP contribution in [0.25, 0.3) is 0 Å². The minimum Gasteiger partial charge on any atom is -0.494 e. The van der Waals surface area contributed by atoms with Crippen molar-refractivity contribution >= 4 is 24.3 Å². The Kier molecular flexibility index (Phi) is 4.44. The van der Waals surface area contributed by atoms with Gasteiger partial charge in [-0.15, -0.1) is 11.8 Å². The van der Waals surface area contributed by atoms with Crippen molar-refractivity contribution in [3.8, 4) is 5.75 Å². The van der Waals surface area contributed by atoms with Crippen molar-refractivity contribution in [1.82, 2.24) is 0 Å². The first-order valence-corrected chi connectivity index (χ1v) is 5.69. The van der Waals surface area contributed by atoms with Crippen LogP contribution in [0.5, 0.6) is 5.75 Å². The standard InChI is InChI=1S/C9H12BFO3S/c1-3-14-7-5-4-6(11)9(15-2)8(7)10(12)13/h4-5,12-13H,3H2,1-2H3. The molecule has 1 rings (SSSR count). The number of thioether (sulfide) groups is 1. The summed E-state index contributed by atoms with van der Waals surface area (Å²) < 4.78 is 18.5. The minimum absolute atomic E-state index is 0.0874. The zero-order chi connectivity index (χ0) is 11.4. The Bertz CT molecular complexity index is 346. The molecule has 0 bridgehead atoms. The molecule has 3 nitrogen and oxygen atoms in total. The Morgan fingerprint density at radius 2 is 2.13 bits per heavy atom. The van der Waals surface area contributed by atoms with E-state index in [1.54, 1.807) is 13.2 Å². The number of halogens is 1. The highest BCUT2D eigenvalue weighted by molar-refractivity contribution is 7.98. The number of hydrogen-bond acceptors (Lipinski definition) is 4. The van der Waals surface area contributed by atoms with E-state index < -0.39 is 12.9 Å². The van der Waals surface area contributed by atoms with Crippen LogP contribution in [0.4, 0.5) is 4.39 Å². The van der Waals surface area contributed by atoms with E-state index in [1.807, 2.05) is 0 Å². The highest BCUT2D eigenvalue weighted by Crippen LogP contribution is 2.22. The maximum absolute atomic E-state index is 13.3. The van der Waals surface area contributed by atoms with E-state index in [0.717, 1.165) is 11.8 Å². The fraction of sp³-hybridized carbons (Fsp3) is 0.333. The van der Waals surface area contributed by atoms with Gasteiger partial charge in [0.2, 0.25) is 0 Å². The van der Waals surface area contributed by atoms with Gasteiger partial charge in [0.15, 0.2) is 0 Å². The first kappa shape index (κ1) is 12.4. The van der Waals surface area contributed by atoms with Gasteiger partial charge in [-0.25, -0.2) is 4.39 Å². The fourth-order valence-corrected chi connectivity index (χ4v) is 1.98. The first-order chi connectivity index (χ1) is 7.11. The number of hydrogen-bond donors (Lipinski definition) is 2. The Hall–Kier alpha value is -0.715. The number of ether oxygens (including phenoxy) is 1. The molecule has 0 fully saturated rings. The van der Waals surface area contributed by atoms with Gasteiger partial charge >= 0.3 is 7.12 Å². The van der Waals surface area contributed by atoms with Crippen LogP contribution in [0.3, 0.4) is 0 Å². The van der Waals surface area contributed by atoms with Crippen LogP contribution in [-0.2, 0) is 0 Å². The Morgan fingerprint density at radius 1 is 1.47 bits per heavy atom. The maximum Gasteiger partial charge on any atom is 0.493 e. The number of benzene rings is 1. The summed E-state index contributed by atoms with van der Waals surface area (Å²) in [5.74, 6) is -0.174. The lowest BCUT2D eigenvalue weighted by Crippen LogP contribution is -2.34. The summed E-state index contributed by atoms with van der Waals surface area (Å²) in [6, 6.07) is 2.65. The highest BCUT2D eigenvalue weighted by Gasteiger charge is 2.24. The Morgan fingerprint density at radius 3 is 2.60 bits per heavy atom. The van der Waals surface area contributed by atoms with Crippen LogP contribution < -0.4 is 10.2 Å². The van der Waals surface area contributed by atoms with E-state index in [4.69, 9.17) is 14.8 Å². The molecule has 0 aromatic heterocycles. The van der Waals surface area contributed by atoms with Gasteiger partial charge < -0.3 is 14.8 Å². The molecular formula is C9H12BFO3S. The lowest BCUT2D eigenvalue weighted by molar-refractivity contribution is 0.338. The highest BCUT2D eigenvalue weighted by atomic mass is 32.2. The van der Waals surface area contributed by atoms with E-state index in [9.17, 15) is 4.39 Å². The second-order valence-electron chi connectivity index (χ2n) is 2.80. The molecule has 0 radical (unpaired) electrons. The molecule has 0 aliphatic rings. The molecule has 0 atom stereocenters. The van der Waals surface area contributed by atoms with Gasteiger partial charge in [0.1, 0.15) is 11.6 Å². The average Bonchev–Trinajstić information content (AvgIpc) is 2.20. The van der Waals surface area contributed by atoms with Crippen LogP contribution in [0.15, 0.2) is 17.0 Å². The molecule has 0 saturated heterocycles. The third-order valence-corrected chi connectivity index (χ3v) is 2.69. The summed E-state index contributed by atoms with van der Waals surface area (Å²) in [6.45, 7) is 2.16. The predicted octanol–water partition coefficient (Wildman–Crippen LogP) is 0.626. The van der Waals surface area contributed by atoms with Crippen molar-refractivity contribution < 1.29 is 19.2 Å². The predicted molar refractivity (Wildman–Crippen MR) is 59.2 cm³/mol. The van der Waals surface area contributed by atoms with Crippen LogP contribution in [0.1, 0.15) is 6.92 Å². The van der Waals surface area contributed by atoms with Crippen LogP contribution >= 0.6 is 11.8 Å². The van der Waals surface area contributed by atoms with Crippen LogP contribution in [-0.4, -0.2) is 30.0 Å². The Labute approximate surface area is 92.4 Å². The van der Waals surface area contributed by atoms with Crippen molar-refractivity contribution in [1.29, 1.82) is 0 Å². The zero-order valence-electron chi connectivity index (χ0n) is 8.53. The molecule has 0 amide bonds. The minimum atomic E-state index is -1.73. The molecule has 0 saturated carbocycles. The van der Waals surface area contributed by atoms with Crippen molar-refractivity contribution in [2.24, 2.45) is 0 Å². The summed E-state index contributed by atoms with van der Waals surface area (Å²) in [5, 5.41) is 18.3. The average molecular weight is 230 g/mol. The third kappa shape index (κ3) is 2.65. The molecule has 0 unspecified atom stereocenters. The molecule has 82 valence electrons. The zero-order valence-corrected chi connectivity index (χ0v) is 9.34. The summed E-state index contributed by atoms with van der Waals surface area (Å²) in [7, 11) is -1.73. The lowest BCUT2D eigenvalue weighted by atomic mass is 9.79. The van der Waals surface area contributed by atoms with Gasteiger partial charge in [0.25, 0.3) is 0 Å². The third-order valence-electron chi connectivity index (χ3n) is 1.87. The van der Waals surface area contributed by atoms with Crippen molar-refractivity contribution in [2.45, 2.75) is 11.8 Å². The first-order valence-electron chi connectivity index (χ1n) is 4.47. The van der Waals surface area contributed by atoms with E-state index in [1.165, 1.54) is 12.1 Å². The smallest absolute Gasteiger partial charge is 0.493 e. The summed E-state index contributed by atoms with van der Waals surface area (Å²) in [5.41, 5.74) is 0.0874. The van der Waals surface area contributed by atoms with E-state index >= 15 is 0 Å². The Balaban J connectivity index is 3.28. The van der Waals surface area contributed by atoms with E-state index in [2.05, 4.69) is 0 Å². The van der Waals surface area contributed by atoms with E-state index in [0.29, 0.717) is 12.4 Å². The van der Waals surface area contributed by atoms with Crippen molar-refractivity contribution in [3.63, 3.8) is 0 Å². The van der Waals surface area contributed by atoms with E-state index in [-0.39, 0.29) is 10.4 Å². The molecule has 0 spiro atoms. The molecule has 6 heteroatoms. The molecule has 15 heavy (non-hydrogen) atoms. The summed E-state index contributed by atoms with van der Waals surface area (Å²) in [6.07, 6.45) is 1.67. The number of rotatable bonds is 4. The van der Waals surface area contributed by atoms with Gasteiger partial charge in [0, 0.05) is 10.4 Å². The summed E-state index contributed by atoms with van der Waals surface area (Å²) in [4.78, 5) is 0.205. The second kappa shape index (κ2) is 5.39. The summed E-state index contributed by atoms with van der Waals surface area (Å²) >= 11 is 1.12. The molecule has 0 aliphatic heterocycles. The largest absolute Gasteiger partial charge is 0.494 e. The fourth-order valence-electron chi connectivity index (χ4n) is 1.29. The lowest BCUT2D eigenvalue weighted by Gasteiger charge is -2.13. The molecule has 0 heterocycles. The van der Waals surface area contributed by atoms with Gasteiger partial charge in [-0.3, -0.25) is 0 Å². The van der Waals surface area contributed by atoms with Crippen LogP contribution in [0, 0.1) is 5.82 Å². The SMILES string of the molecule is CCOc1ccc(F)c(SC)c1B(O)O. The second-order valence-corrected chi connectivity index (χ2v) is 3.62. The van der Waals surface area contributed by atoms with Gasteiger partial charge in [0.05, 0.1) is 6.61 Å². The van der Waals surface area contributed by atoms with Gasteiger partial charge in [-0.1, -0.05) is 0 Å². The molecular weight excluding hydrogens is 218 g/mol. The van der Waals surface area contributed by atoms with Gasteiger partial charge in [-0.05, 0) is 25.3 Å². The molecule has 1 aromatic rings. The molecule has 0 aliphatic carbocycles. The van der Waals surface area contributed by atoms with Crippen LogP contribution in [0.2, 0.25) is 0 Å². The van der Waals surface area contributed by atoms with Crippen molar-refractivity contribution in [2.75, 3.05) is 12.9 Å².